The molecule has 3 fully saturated rings. The lowest BCUT2D eigenvalue weighted by Gasteiger charge is -2.35. The predicted octanol–water partition coefficient (Wildman–Crippen LogP) is 2.11. The molecule has 0 aromatic heterocycles. The predicted molar refractivity (Wildman–Crippen MR) is 139 cm³/mol. The molecule has 40 heavy (non-hydrogen) atoms. The molecule has 6 atom stereocenters. The molecular weight excluding hydrogens is 555 g/mol. The molecule has 0 bridgehead atoms. The highest BCUT2D eigenvalue weighted by molar-refractivity contribution is 6.29. The van der Waals surface area contributed by atoms with Crippen LogP contribution < -0.4 is 16.1 Å². The molecular formula is C26H39ClF3N5O5. The summed E-state index contributed by atoms with van der Waals surface area (Å²) >= 11 is 5.42. The van der Waals surface area contributed by atoms with E-state index in [0.717, 1.165) is 12.8 Å². The Morgan fingerprint density at radius 3 is 2.33 bits per heavy atom. The third-order valence-electron chi connectivity index (χ3n) is 8.41. The van der Waals surface area contributed by atoms with E-state index >= 15 is 0 Å². The first-order valence-corrected chi connectivity index (χ1v) is 14.2. The van der Waals surface area contributed by atoms with Gasteiger partial charge in [-0.05, 0) is 50.9 Å². The summed E-state index contributed by atoms with van der Waals surface area (Å²) in [4.78, 5) is 65.8. The average Bonchev–Trinajstić information content (AvgIpc) is 3.54. The monoisotopic (exact) mass is 593 g/mol. The van der Waals surface area contributed by atoms with Crippen LogP contribution in [0.4, 0.5) is 13.2 Å². The van der Waals surface area contributed by atoms with Crippen LogP contribution >= 0.6 is 11.6 Å². The number of hydrogen-bond acceptors (Lipinski definition) is 5. The average molecular weight is 594 g/mol. The van der Waals surface area contributed by atoms with Crippen LogP contribution in [0.3, 0.4) is 0 Å². The maximum atomic E-state index is 13.9. The van der Waals surface area contributed by atoms with E-state index in [2.05, 4.69) is 16.1 Å². The van der Waals surface area contributed by atoms with Crippen LogP contribution in [0.2, 0.25) is 0 Å². The third-order valence-corrected chi connectivity index (χ3v) is 8.60. The Morgan fingerprint density at radius 1 is 1.15 bits per heavy atom. The molecule has 0 unspecified atom stereocenters. The van der Waals surface area contributed by atoms with Crippen molar-refractivity contribution in [3.63, 3.8) is 0 Å². The molecule has 3 rings (SSSR count). The molecule has 10 nitrogen and oxygen atoms in total. The number of nitrogens with zero attached hydrogens (tertiary/aromatic N) is 2. The standard InChI is InChI=1S/C26H39ClF3N5O5/c1-5-13(6-2)17(31-23(38)20(29)30)24(39)34-11-14-8-7-9-16(14)18(34)22(37)33-35(25(40)19(27)28)12-15-10-26(3,4)32-21(15)36/h13-20H,5-12H2,1-4H3,(H,31,38)(H,32,36)(H,33,37)/t14-,15+,16-,17-,18-,19-/m0/s1. The zero-order valence-corrected chi connectivity index (χ0v) is 24.0. The first kappa shape index (κ1) is 32.0. The van der Waals surface area contributed by atoms with E-state index in [1.54, 1.807) is 27.7 Å². The molecule has 0 spiro atoms. The van der Waals surface area contributed by atoms with E-state index < -0.39 is 65.1 Å². The molecule has 2 heterocycles. The topological polar surface area (TPSA) is 128 Å². The summed E-state index contributed by atoms with van der Waals surface area (Å²) in [5, 5.41) is 5.63. The van der Waals surface area contributed by atoms with Gasteiger partial charge in [-0.15, -0.1) is 0 Å². The molecule has 226 valence electrons. The van der Waals surface area contributed by atoms with E-state index in [1.165, 1.54) is 4.90 Å². The maximum absolute atomic E-state index is 13.9. The Labute approximate surface area is 237 Å². The largest absolute Gasteiger partial charge is 0.351 e. The smallest absolute Gasteiger partial charge is 0.315 e. The zero-order chi connectivity index (χ0) is 29.9. The van der Waals surface area contributed by atoms with Gasteiger partial charge in [0.2, 0.25) is 11.8 Å². The van der Waals surface area contributed by atoms with Crippen LogP contribution in [0.1, 0.15) is 66.2 Å². The fourth-order valence-corrected chi connectivity index (χ4v) is 6.59. The van der Waals surface area contributed by atoms with Gasteiger partial charge in [0.15, 0.2) is 0 Å². The van der Waals surface area contributed by atoms with Crippen LogP contribution in [0.25, 0.3) is 0 Å². The number of halogens is 4. The van der Waals surface area contributed by atoms with Crippen molar-refractivity contribution in [2.75, 3.05) is 13.1 Å². The number of fused-ring (bicyclic) bond motifs is 1. The van der Waals surface area contributed by atoms with E-state index in [-0.39, 0.29) is 30.8 Å². The molecule has 14 heteroatoms. The minimum Gasteiger partial charge on any atom is -0.351 e. The number of amides is 5. The number of carbonyl (C=O) groups is 5. The summed E-state index contributed by atoms with van der Waals surface area (Å²) in [5.74, 6) is -6.13. The Balaban J connectivity index is 1.88. The lowest BCUT2D eigenvalue weighted by molar-refractivity contribution is -0.150. The second kappa shape index (κ2) is 12.9. The first-order valence-electron chi connectivity index (χ1n) is 13.8. The minimum atomic E-state index is -3.32. The molecule has 3 aliphatic rings. The normalized spacial score (nSPS) is 26.9. The quantitative estimate of drug-likeness (QED) is 0.264. The van der Waals surface area contributed by atoms with Crippen molar-refractivity contribution < 1.29 is 37.1 Å². The van der Waals surface area contributed by atoms with Gasteiger partial charge in [0, 0.05) is 12.1 Å². The van der Waals surface area contributed by atoms with Crippen molar-refractivity contribution >= 4 is 41.1 Å². The fourth-order valence-electron chi connectivity index (χ4n) is 6.48. The number of alkyl halides is 4. The lowest BCUT2D eigenvalue weighted by Crippen LogP contribution is -2.60. The van der Waals surface area contributed by atoms with Gasteiger partial charge in [-0.2, -0.15) is 8.78 Å². The third kappa shape index (κ3) is 7.01. The van der Waals surface area contributed by atoms with Gasteiger partial charge < -0.3 is 15.5 Å². The second-order valence-electron chi connectivity index (χ2n) is 11.7. The van der Waals surface area contributed by atoms with E-state index in [0.29, 0.717) is 30.7 Å². The molecule has 1 saturated carbocycles. The summed E-state index contributed by atoms with van der Waals surface area (Å²) in [6.45, 7) is 6.98. The lowest BCUT2D eigenvalue weighted by atomic mass is 9.91. The zero-order valence-electron chi connectivity index (χ0n) is 23.2. The Morgan fingerprint density at radius 2 is 1.80 bits per heavy atom. The van der Waals surface area contributed by atoms with Gasteiger partial charge in [0.1, 0.15) is 12.1 Å². The van der Waals surface area contributed by atoms with Crippen molar-refractivity contribution in [3.05, 3.63) is 0 Å². The van der Waals surface area contributed by atoms with Crippen molar-refractivity contribution in [1.82, 2.24) is 26.0 Å². The molecule has 5 amide bonds. The summed E-state index contributed by atoms with van der Waals surface area (Å²) in [6.07, 6.45) is 0.0136. The number of hydrogen-bond donors (Lipinski definition) is 3. The number of nitrogens with one attached hydrogen (secondary N) is 3. The van der Waals surface area contributed by atoms with Gasteiger partial charge in [-0.1, -0.05) is 44.7 Å². The van der Waals surface area contributed by atoms with Gasteiger partial charge in [-0.3, -0.25) is 29.4 Å². The molecule has 0 aromatic carbocycles. The SMILES string of the molecule is CCC(CC)[C@H](NC(=O)C(F)F)C(=O)N1C[C@@H]2CCC[C@@H]2[C@H]1C(=O)NN(C[C@H]1CC(C)(C)NC1=O)C(=O)[C@H](F)Cl. The van der Waals surface area contributed by atoms with Crippen molar-refractivity contribution in [1.29, 1.82) is 0 Å². The van der Waals surface area contributed by atoms with Crippen LogP contribution in [-0.4, -0.2) is 82.2 Å². The number of rotatable bonds is 10. The molecule has 2 aliphatic heterocycles. The maximum Gasteiger partial charge on any atom is 0.315 e. The minimum absolute atomic E-state index is 0.0413. The van der Waals surface area contributed by atoms with Crippen molar-refractivity contribution in [2.45, 2.75) is 95.9 Å². The van der Waals surface area contributed by atoms with Crippen LogP contribution in [0.15, 0.2) is 0 Å². The van der Waals surface area contributed by atoms with Crippen molar-refractivity contribution in [3.8, 4) is 0 Å². The molecule has 1 aliphatic carbocycles. The highest BCUT2D eigenvalue weighted by atomic mass is 35.5. The molecule has 0 aromatic rings. The Kier molecular flexibility index (Phi) is 10.3. The van der Waals surface area contributed by atoms with E-state index in [9.17, 15) is 37.1 Å². The Hall–Kier alpha value is -2.57. The van der Waals surface area contributed by atoms with E-state index in [1.807, 2.05) is 0 Å². The summed E-state index contributed by atoms with van der Waals surface area (Å²) < 4.78 is 40.2. The first-order chi connectivity index (χ1) is 18.7. The highest BCUT2D eigenvalue weighted by Gasteiger charge is 2.52. The number of hydrazine groups is 1. The van der Waals surface area contributed by atoms with Gasteiger partial charge in [0.05, 0.1) is 12.5 Å². The highest BCUT2D eigenvalue weighted by Crippen LogP contribution is 2.43. The van der Waals surface area contributed by atoms with Crippen LogP contribution in [0, 0.1) is 23.7 Å². The molecule has 3 N–H and O–H groups in total. The van der Waals surface area contributed by atoms with Crippen LogP contribution in [-0.2, 0) is 24.0 Å². The van der Waals surface area contributed by atoms with E-state index in [4.69, 9.17) is 11.6 Å². The molecule has 0 radical (unpaired) electrons. The number of likely N-dealkylation sites (tertiary alicyclic amines) is 1. The van der Waals surface area contributed by atoms with Crippen LogP contribution in [0.5, 0.6) is 0 Å². The molecule has 2 saturated heterocycles. The number of carbonyl (C=O) groups excluding carboxylic acids is 5. The van der Waals surface area contributed by atoms with Gasteiger partial charge >= 0.3 is 6.43 Å². The second-order valence-corrected chi connectivity index (χ2v) is 12.0. The summed E-state index contributed by atoms with van der Waals surface area (Å²) in [6, 6.07) is -2.36. The summed E-state index contributed by atoms with van der Waals surface area (Å²) in [5.41, 5.74) is -0.638. The van der Waals surface area contributed by atoms with Gasteiger partial charge in [-0.25, -0.2) is 9.40 Å². The fraction of sp³-hybridized carbons (Fsp3) is 0.808. The Bertz CT molecular complexity index is 996. The van der Waals surface area contributed by atoms with Crippen molar-refractivity contribution in [2.24, 2.45) is 23.7 Å². The van der Waals surface area contributed by atoms with Gasteiger partial charge in [0.25, 0.3) is 23.4 Å². The summed E-state index contributed by atoms with van der Waals surface area (Å²) in [7, 11) is 0.